The molecule has 0 aliphatic carbocycles. The molecule has 1 aromatic carbocycles. The van der Waals surface area contributed by atoms with Gasteiger partial charge in [0.2, 0.25) is 5.95 Å². The van der Waals surface area contributed by atoms with Crippen molar-refractivity contribution in [2.45, 2.75) is 26.7 Å². The number of carbonyl (C=O) groups is 1. The molecule has 2 rings (SSSR count). The fourth-order valence-corrected chi connectivity index (χ4v) is 1.79. The third kappa shape index (κ3) is 3.57. The number of para-hydroxylation sites is 1. The van der Waals surface area contributed by atoms with Crippen molar-refractivity contribution in [3.05, 3.63) is 35.7 Å². The fourth-order valence-electron chi connectivity index (χ4n) is 1.79. The molecule has 0 fully saturated rings. The molecule has 0 atom stereocenters. The molecule has 0 spiro atoms. The predicted molar refractivity (Wildman–Crippen MR) is 75.8 cm³/mol. The summed E-state index contributed by atoms with van der Waals surface area (Å²) in [6, 6.07) is 7.70. The van der Waals surface area contributed by atoms with Gasteiger partial charge in [0.1, 0.15) is 11.6 Å². The highest BCUT2D eigenvalue weighted by molar-refractivity contribution is 5.90. The van der Waals surface area contributed by atoms with Gasteiger partial charge in [-0.05, 0) is 24.5 Å². The Morgan fingerprint density at radius 3 is 2.80 bits per heavy atom. The molecule has 0 aliphatic heterocycles. The summed E-state index contributed by atoms with van der Waals surface area (Å²) in [5, 5.41) is 9.05. The van der Waals surface area contributed by atoms with Crippen LogP contribution in [0.3, 0.4) is 0 Å². The summed E-state index contributed by atoms with van der Waals surface area (Å²) >= 11 is 0. The maximum atomic E-state index is 11.7. The van der Waals surface area contributed by atoms with Crippen LogP contribution in [0.5, 0.6) is 5.75 Å². The van der Waals surface area contributed by atoms with Crippen molar-refractivity contribution in [1.82, 2.24) is 15.2 Å². The molecule has 1 heterocycles. The van der Waals surface area contributed by atoms with Gasteiger partial charge in [-0.15, -0.1) is 5.10 Å². The first-order chi connectivity index (χ1) is 9.56. The number of aromatic nitrogens is 3. The number of carbonyl (C=O) groups excluding carboxylic acids is 1. The van der Waals surface area contributed by atoms with Gasteiger partial charge in [-0.3, -0.25) is 15.2 Å². The van der Waals surface area contributed by atoms with Crippen LogP contribution in [0.15, 0.2) is 24.3 Å². The number of ether oxygens (including phenoxy) is 1. The van der Waals surface area contributed by atoms with Crippen molar-refractivity contribution in [3.63, 3.8) is 0 Å². The first-order valence-electron chi connectivity index (χ1n) is 6.47. The summed E-state index contributed by atoms with van der Waals surface area (Å²) < 4.78 is 5.56. The molecule has 6 heteroatoms. The number of aromatic amines is 1. The van der Waals surface area contributed by atoms with Crippen molar-refractivity contribution >= 4 is 11.9 Å². The highest BCUT2D eigenvalue weighted by atomic mass is 16.5. The second-order valence-electron chi connectivity index (χ2n) is 4.77. The molecule has 2 N–H and O–H groups in total. The van der Waals surface area contributed by atoms with Gasteiger partial charge < -0.3 is 4.74 Å². The predicted octanol–water partition coefficient (Wildman–Crippen LogP) is 2.25. The number of anilines is 1. The van der Waals surface area contributed by atoms with E-state index in [1.165, 1.54) is 0 Å². The van der Waals surface area contributed by atoms with Gasteiger partial charge in [0.25, 0.3) is 5.91 Å². The van der Waals surface area contributed by atoms with Crippen LogP contribution < -0.4 is 10.1 Å². The summed E-state index contributed by atoms with van der Waals surface area (Å²) in [6.45, 7) is 5.85. The Morgan fingerprint density at radius 1 is 1.40 bits per heavy atom. The zero-order valence-corrected chi connectivity index (χ0v) is 11.8. The van der Waals surface area contributed by atoms with Crippen molar-refractivity contribution < 1.29 is 9.53 Å². The first kappa shape index (κ1) is 14.0. The minimum Gasteiger partial charge on any atom is -0.483 e. The molecular formula is C14H18N4O2. The Balaban J connectivity index is 1.93. The standard InChI is InChI=1S/C14H18N4O2/c1-9(2)11-6-4-5-7-12(11)20-8-13(19)16-14-15-10(3)17-18-14/h4-7,9H,8H2,1-3H3,(H2,15,16,17,18,19). The van der Waals surface area contributed by atoms with Gasteiger partial charge in [-0.25, -0.2) is 0 Å². The van der Waals surface area contributed by atoms with E-state index in [4.69, 9.17) is 4.74 Å². The molecule has 1 amide bonds. The number of aryl methyl sites for hydroxylation is 1. The largest absolute Gasteiger partial charge is 0.483 e. The number of hydrogen-bond donors (Lipinski definition) is 2. The quantitative estimate of drug-likeness (QED) is 0.876. The number of benzene rings is 1. The van der Waals surface area contributed by atoms with Gasteiger partial charge in [-0.1, -0.05) is 32.0 Å². The average Bonchev–Trinajstić information content (AvgIpc) is 2.82. The Morgan fingerprint density at radius 2 is 2.15 bits per heavy atom. The van der Waals surface area contributed by atoms with E-state index in [2.05, 4.69) is 34.3 Å². The molecule has 0 bridgehead atoms. The topological polar surface area (TPSA) is 79.9 Å². The summed E-state index contributed by atoms with van der Waals surface area (Å²) in [7, 11) is 0. The van der Waals surface area contributed by atoms with Gasteiger partial charge in [0, 0.05) is 0 Å². The van der Waals surface area contributed by atoms with Gasteiger partial charge in [-0.2, -0.15) is 4.98 Å². The number of nitrogens with one attached hydrogen (secondary N) is 2. The smallest absolute Gasteiger partial charge is 0.264 e. The summed E-state index contributed by atoms with van der Waals surface area (Å²) in [5.74, 6) is 1.68. The van der Waals surface area contributed by atoms with Crippen LogP contribution in [0.1, 0.15) is 31.2 Å². The number of rotatable bonds is 5. The third-order valence-corrected chi connectivity index (χ3v) is 2.75. The molecule has 0 radical (unpaired) electrons. The second kappa shape index (κ2) is 6.18. The van der Waals surface area contributed by atoms with E-state index >= 15 is 0 Å². The molecule has 20 heavy (non-hydrogen) atoms. The minimum atomic E-state index is -0.289. The summed E-state index contributed by atoms with van der Waals surface area (Å²) in [5.41, 5.74) is 1.08. The zero-order valence-electron chi connectivity index (χ0n) is 11.8. The van der Waals surface area contributed by atoms with Crippen LogP contribution in [-0.2, 0) is 4.79 Å². The zero-order chi connectivity index (χ0) is 14.5. The fraction of sp³-hybridized carbons (Fsp3) is 0.357. The van der Waals surface area contributed by atoms with Crippen LogP contribution in [0.25, 0.3) is 0 Å². The first-order valence-corrected chi connectivity index (χ1v) is 6.47. The van der Waals surface area contributed by atoms with E-state index in [-0.39, 0.29) is 18.5 Å². The Hall–Kier alpha value is -2.37. The molecule has 6 nitrogen and oxygen atoms in total. The molecule has 106 valence electrons. The van der Waals surface area contributed by atoms with Gasteiger partial charge in [0.05, 0.1) is 0 Å². The molecule has 0 saturated carbocycles. The molecule has 0 unspecified atom stereocenters. The normalized spacial score (nSPS) is 10.6. The molecular weight excluding hydrogens is 256 g/mol. The lowest BCUT2D eigenvalue weighted by Gasteiger charge is -2.13. The third-order valence-electron chi connectivity index (χ3n) is 2.75. The molecule has 1 aromatic heterocycles. The molecule has 0 saturated heterocycles. The summed E-state index contributed by atoms with van der Waals surface area (Å²) in [6.07, 6.45) is 0. The van der Waals surface area contributed by atoms with E-state index in [1.807, 2.05) is 24.3 Å². The Kier molecular flexibility index (Phi) is 4.34. The number of H-pyrrole nitrogens is 1. The van der Waals surface area contributed by atoms with Crippen molar-refractivity contribution in [3.8, 4) is 5.75 Å². The van der Waals surface area contributed by atoms with E-state index in [0.717, 1.165) is 11.3 Å². The number of hydrogen-bond acceptors (Lipinski definition) is 4. The van der Waals surface area contributed by atoms with Crippen LogP contribution >= 0.6 is 0 Å². The highest BCUT2D eigenvalue weighted by Crippen LogP contribution is 2.25. The van der Waals surface area contributed by atoms with Crippen molar-refractivity contribution in [1.29, 1.82) is 0 Å². The Bertz CT molecular complexity index is 592. The molecule has 2 aromatic rings. The van der Waals surface area contributed by atoms with E-state index < -0.39 is 0 Å². The average molecular weight is 274 g/mol. The van der Waals surface area contributed by atoms with E-state index in [1.54, 1.807) is 6.92 Å². The van der Waals surface area contributed by atoms with Crippen LogP contribution in [0.2, 0.25) is 0 Å². The second-order valence-corrected chi connectivity index (χ2v) is 4.77. The lowest BCUT2D eigenvalue weighted by molar-refractivity contribution is -0.118. The maximum absolute atomic E-state index is 11.7. The van der Waals surface area contributed by atoms with Crippen LogP contribution in [-0.4, -0.2) is 27.7 Å². The molecule has 0 aliphatic rings. The summed E-state index contributed by atoms with van der Waals surface area (Å²) in [4.78, 5) is 15.7. The Labute approximate surface area is 117 Å². The SMILES string of the molecule is Cc1nc(NC(=O)COc2ccccc2C(C)C)n[nH]1. The number of nitrogens with zero attached hydrogens (tertiary/aromatic N) is 2. The van der Waals surface area contributed by atoms with Crippen LogP contribution in [0.4, 0.5) is 5.95 Å². The number of amides is 1. The highest BCUT2D eigenvalue weighted by Gasteiger charge is 2.10. The van der Waals surface area contributed by atoms with Gasteiger partial charge in [0.15, 0.2) is 6.61 Å². The van der Waals surface area contributed by atoms with Gasteiger partial charge >= 0.3 is 0 Å². The minimum absolute atomic E-state index is 0.0721. The van der Waals surface area contributed by atoms with E-state index in [9.17, 15) is 4.79 Å². The lowest BCUT2D eigenvalue weighted by Crippen LogP contribution is -2.21. The lowest BCUT2D eigenvalue weighted by atomic mass is 10.0. The van der Waals surface area contributed by atoms with Crippen molar-refractivity contribution in [2.75, 3.05) is 11.9 Å². The van der Waals surface area contributed by atoms with Crippen LogP contribution in [0, 0.1) is 6.92 Å². The maximum Gasteiger partial charge on any atom is 0.264 e. The van der Waals surface area contributed by atoms with Crippen molar-refractivity contribution in [2.24, 2.45) is 0 Å². The monoisotopic (exact) mass is 274 g/mol. The van der Waals surface area contributed by atoms with E-state index in [0.29, 0.717) is 11.7 Å².